The van der Waals surface area contributed by atoms with E-state index >= 15 is 0 Å². The van der Waals surface area contributed by atoms with Crippen molar-refractivity contribution < 1.29 is 9.13 Å². The Hall–Kier alpha value is -1.59. The van der Waals surface area contributed by atoms with E-state index in [4.69, 9.17) is 22.1 Å². The summed E-state index contributed by atoms with van der Waals surface area (Å²) in [7, 11) is 1.78. The first-order valence-corrected chi connectivity index (χ1v) is 6.20. The first-order valence-electron chi connectivity index (χ1n) is 5.83. The lowest BCUT2D eigenvalue weighted by Crippen LogP contribution is -2.10. The van der Waals surface area contributed by atoms with Crippen LogP contribution >= 0.6 is 11.6 Å². The standard InChI is InChI=1S/C13H15ClFN3O/c1-8(16)10-4-3-9(15)5-11(10)19-7-13-17-6-12(14)18(13)2/h3-6,8H,7,16H2,1-2H3. The summed E-state index contributed by atoms with van der Waals surface area (Å²) in [5.41, 5.74) is 6.57. The van der Waals surface area contributed by atoms with Gasteiger partial charge in [-0.1, -0.05) is 17.7 Å². The van der Waals surface area contributed by atoms with Crippen LogP contribution in [0, 0.1) is 5.82 Å². The molecule has 6 heteroatoms. The van der Waals surface area contributed by atoms with Gasteiger partial charge in [0.15, 0.2) is 0 Å². The van der Waals surface area contributed by atoms with Crippen LogP contribution in [0.25, 0.3) is 0 Å². The van der Waals surface area contributed by atoms with Gasteiger partial charge in [0, 0.05) is 24.7 Å². The fourth-order valence-electron chi connectivity index (χ4n) is 1.71. The molecule has 2 rings (SSSR count). The second-order valence-corrected chi connectivity index (χ2v) is 4.70. The molecule has 2 aromatic rings. The predicted molar refractivity (Wildman–Crippen MR) is 71.6 cm³/mol. The molecule has 0 saturated carbocycles. The number of nitrogens with zero attached hydrogens (tertiary/aromatic N) is 2. The molecule has 0 saturated heterocycles. The molecular formula is C13H15ClFN3O. The van der Waals surface area contributed by atoms with Crippen molar-refractivity contribution in [3.05, 3.63) is 46.8 Å². The number of hydrogen-bond donors (Lipinski definition) is 1. The minimum atomic E-state index is -0.364. The van der Waals surface area contributed by atoms with Gasteiger partial charge in [-0.25, -0.2) is 9.37 Å². The van der Waals surface area contributed by atoms with E-state index in [1.54, 1.807) is 17.7 Å². The highest BCUT2D eigenvalue weighted by Crippen LogP contribution is 2.25. The monoisotopic (exact) mass is 283 g/mol. The lowest BCUT2D eigenvalue weighted by Gasteiger charge is -2.14. The SMILES string of the molecule is CC(N)c1ccc(F)cc1OCc1ncc(Cl)n1C. The molecule has 0 amide bonds. The third kappa shape index (κ3) is 3.05. The van der Waals surface area contributed by atoms with Crippen LogP contribution in [0.15, 0.2) is 24.4 Å². The van der Waals surface area contributed by atoms with Crippen LogP contribution < -0.4 is 10.5 Å². The molecular weight excluding hydrogens is 269 g/mol. The summed E-state index contributed by atoms with van der Waals surface area (Å²) in [5, 5.41) is 0.519. The Kier molecular flexibility index (Phi) is 4.07. The minimum absolute atomic E-state index is 0.201. The van der Waals surface area contributed by atoms with Gasteiger partial charge < -0.3 is 15.0 Å². The number of nitrogens with two attached hydrogens (primary N) is 1. The Morgan fingerprint density at radius 3 is 2.84 bits per heavy atom. The summed E-state index contributed by atoms with van der Waals surface area (Å²) < 4.78 is 20.6. The largest absolute Gasteiger partial charge is 0.485 e. The quantitative estimate of drug-likeness (QED) is 0.939. The van der Waals surface area contributed by atoms with Gasteiger partial charge in [0.1, 0.15) is 29.2 Å². The molecule has 0 aliphatic carbocycles. The number of aromatic nitrogens is 2. The first-order chi connectivity index (χ1) is 8.99. The Bertz CT molecular complexity index is 583. The highest BCUT2D eigenvalue weighted by atomic mass is 35.5. The Labute approximate surface area is 116 Å². The van der Waals surface area contributed by atoms with Gasteiger partial charge in [-0.15, -0.1) is 0 Å². The number of rotatable bonds is 4. The Balaban J connectivity index is 2.19. The van der Waals surface area contributed by atoms with Gasteiger partial charge in [-0.2, -0.15) is 0 Å². The highest BCUT2D eigenvalue weighted by Gasteiger charge is 2.11. The summed E-state index contributed by atoms with van der Waals surface area (Å²) in [6, 6.07) is 4.08. The zero-order valence-electron chi connectivity index (χ0n) is 10.7. The van der Waals surface area contributed by atoms with E-state index < -0.39 is 0 Å². The zero-order valence-corrected chi connectivity index (χ0v) is 11.5. The average Bonchev–Trinajstić information content (AvgIpc) is 2.67. The number of hydrogen-bond acceptors (Lipinski definition) is 3. The summed E-state index contributed by atoms with van der Waals surface area (Å²) in [5.74, 6) is 0.719. The highest BCUT2D eigenvalue weighted by molar-refractivity contribution is 6.29. The van der Waals surface area contributed by atoms with E-state index in [-0.39, 0.29) is 18.5 Å². The maximum atomic E-state index is 13.3. The van der Waals surface area contributed by atoms with E-state index in [1.165, 1.54) is 18.3 Å². The van der Waals surface area contributed by atoms with Gasteiger partial charge in [0.25, 0.3) is 0 Å². The minimum Gasteiger partial charge on any atom is -0.485 e. The fraction of sp³-hybridized carbons (Fsp3) is 0.308. The van der Waals surface area contributed by atoms with Crippen molar-refractivity contribution in [2.24, 2.45) is 12.8 Å². The number of benzene rings is 1. The van der Waals surface area contributed by atoms with Gasteiger partial charge in [-0.05, 0) is 13.0 Å². The normalized spacial score (nSPS) is 12.5. The molecule has 19 heavy (non-hydrogen) atoms. The molecule has 1 unspecified atom stereocenters. The fourth-order valence-corrected chi connectivity index (χ4v) is 1.86. The molecule has 1 atom stereocenters. The van der Waals surface area contributed by atoms with Crippen molar-refractivity contribution in [2.75, 3.05) is 0 Å². The second-order valence-electron chi connectivity index (χ2n) is 4.32. The number of imidazole rings is 1. The lowest BCUT2D eigenvalue weighted by atomic mass is 10.1. The molecule has 0 aliphatic rings. The Morgan fingerprint density at radius 2 is 2.26 bits per heavy atom. The lowest BCUT2D eigenvalue weighted by molar-refractivity contribution is 0.286. The van der Waals surface area contributed by atoms with Crippen LogP contribution in [0.1, 0.15) is 24.4 Å². The van der Waals surface area contributed by atoms with E-state index in [0.717, 1.165) is 5.56 Å². The van der Waals surface area contributed by atoms with Crippen molar-refractivity contribution in [1.29, 1.82) is 0 Å². The third-order valence-corrected chi connectivity index (χ3v) is 3.20. The smallest absolute Gasteiger partial charge is 0.147 e. The second kappa shape index (κ2) is 5.59. The van der Waals surface area contributed by atoms with Crippen molar-refractivity contribution in [1.82, 2.24) is 9.55 Å². The van der Waals surface area contributed by atoms with Crippen LogP contribution in [0.3, 0.4) is 0 Å². The first kappa shape index (κ1) is 13.8. The molecule has 0 aliphatic heterocycles. The van der Waals surface area contributed by atoms with Gasteiger partial charge in [0.05, 0.1) is 6.20 Å². The summed E-state index contributed by atoms with van der Waals surface area (Å²) in [6.07, 6.45) is 1.54. The van der Waals surface area contributed by atoms with E-state index in [1.807, 2.05) is 6.92 Å². The van der Waals surface area contributed by atoms with Crippen molar-refractivity contribution >= 4 is 11.6 Å². The molecule has 1 aromatic heterocycles. The molecule has 1 heterocycles. The maximum Gasteiger partial charge on any atom is 0.147 e. The van der Waals surface area contributed by atoms with Crippen LogP contribution in [-0.2, 0) is 13.7 Å². The molecule has 2 N–H and O–H groups in total. The van der Waals surface area contributed by atoms with E-state index in [9.17, 15) is 4.39 Å². The molecule has 102 valence electrons. The topological polar surface area (TPSA) is 53.1 Å². The van der Waals surface area contributed by atoms with Crippen LogP contribution in [0.2, 0.25) is 5.15 Å². The van der Waals surface area contributed by atoms with Crippen LogP contribution in [-0.4, -0.2) is 9.55 Å². The predicted octanol–water partition coefficient (Wildman–Crippen LogP) is 2.81. The van der Waals surface area contributed by atoms with Gasteiger partial charge in [-0.3, -0.25) is 0 Å². The number of halogens is 2. The van der Waals surface area contributed by atoms with Crippen molar-refractivity contribution in [2.45, 2.75) is 19.6 Å². The summed E-state index contributed by atoms with van der Waals surface area (Å²) in [4.78, 5) is 4.11. The van der Waals surface area contributed by atoms with E-state index in [2.05, 4.69) is 4.98 Å². The molecule has 0 spiro atoms. The van der Waals surface area contributed by atoms with E-state index in [0.29, 0.717) is 16.7 Å². The van der Waals surface area contributed by atoms with Crippen LogP contribution in [0.4, 0.5) is 4.39 Å². The summed E-state index contributed by atoms with van der Waals surface area (Å²) >= 11 is 5.88. The van der Waals surface area contributed by atoms with Gasteiger partial charge >= 0.3 is 0 Å². The van der Waals surface area contributed by atoms with Crippen molar-refractivity contribution in [3.63, 3.8) is 0 Å². The number of ether oxygens (including phenoxy) is 1. The molecule has 0 radical (unpaired) electrons. The molecule has 0 fully saturated rings. The molecule has 0 bridgehead atoms. The molecule has 1 aromatic carbocycles. The zero-order chi connectivity index (χ0) is 14.0. The maximum absolute atomic E-state index is 13.3. The third-order valence-electron chi connectivity index (χ3n) is 2.85. The van der Waals surface area contributed by atoms with Crippen LogP contribution in [0.5, 0.6) is 5.75 Å². The Morgan fingerprint density at radius 1 is 1.53 bits per heavy atom. The van der Waals surface area contributed by atoms with Crippen molar-refractivity contribution in [3.8, 4) is 5.75 Å². The summed E-state index contributed by atoms with van der Waals surface area (Å²) in [6.45, 7) is 2.02. The molecule has 4 nitrogen and oxygen atoms in total. The average molecular weight is 284 g/mol. The van der Waals surface area contributed by atoms with Gasteiger partial charge in [0.2, 0.25) is 0 Å².